The first-order valence-corrected chi connectivity index (χ1v) is 7.91. The predicted molar refractivity (Wildman–Crippen MR) is 85.0 cm³/mol. The summed E-state index contributed by atoms with van der Waals surface area (Å²) in [6.07, 6.45) is 6.15. The van der Waals surface area contributed by atoms with E-state index in [1.807, 2.05) is 6.92 Å². The molecule has 2 N–H and O–H groups in total. The lowest BCUT2D eigenvalue weighted by atomic mass is 9.89. The normalized spacial score (nSPS) is 16.1. The van der Waals surface area contributed by atoms with Crippen LogP contribution in [0.25, 0.3) is 11.0 Å². The van der Waals surface area contributed by atoms with E-state index in [-0.39, 0.29) is 11.5 Å². The molecule has 0 bridgehead atoms. The lowest BCUT2D eigenvalue weighted by Crippen LogP contribution is -2.31. The van der Waals surface area contributed by atoms with Gasteiger partial charge in [0.15, 0.2) is 5.65 Å². The number of aromatic amines is 1. The second-order valence-corrected chi connectivity index (χ2v) is 6.22. The van der Waals surface area contributed by atoms with Crippen molar-refractivity contribution in [2.75, 3.05) is 6.54 Å². The molecule has 0 saturated heterocycles. The van der Waals surface area contributed by atoms with Crippen LogP contribution in [0.15, 0.2) is 10.9 Å². The summed E-state index contributed by atoms with van der Waals surface area (Å²) in [5.41, 5.74) is 1.39. The zero-order chi connectivity index (χ0) is 15.7. The molecular weight excluding hydrogens is 280 g/mol. The fourth-order valence-electron chi connectivity index (χ4n) is 3.29. The summed E-state index contributed by atoms with van der Waals surface area (Å²) in [5, 5.41) is 6.03. The van der Waals surface area contributed by atoms with Crippen LogP contribution in [0, 0.1) is 12.8 Å². The number of hydrogen-bond donors (Lipinski definition) is 2. The van der Waals surface area contributed by atoms with Crippen molar-refractivity contribution in [3.63, 3.8) is 0 Å². The molecule has 1 aliphatic carbocycles. The van der Waals surface area contributed by atoms with Gasteiger partial charge in [0.2, 0.25) is 0 Å². The fourth-order valence-corrected chi connectivity index (χ4v) is 3.29. The van der Waals surface area contributed by atoms with Crippen LogP contribution in [-0.4, -0.2) is 27.2 Å². The average molecular weight is 302 g/mol. The van der Waals surface area contributed by atoms with Crippen molar-refractivity contribution in [1.82, 2.24) is 20.1 Å². The molecule has 2 heterocycles. The maximum Gasteiger partial charge on any atom is 0.274 e. The Bertz CT molecular complexity index is 753. The predicted octanol–water partition coefficient (Wildman–Crippen LogP) is 1.88. The highest BCUT2D eigenvalue weighted by Crippen LogP contribution is 2.23. The van der Waals surface area contributed by atoms with E-state index in [4.69, 9.17) is 0 Å². The quantitative estimate of drug-likeness (QED) is 0.908. The average Bonchev–Trinajstić information content (AvgIpc) is 2.79. The van der Waals surface area contributed by atoms with E-state index in [0.717, 1.165) is 5.69 Å². The van der Waals surface area contributed by atoms with E-state index in [1.165, 1.54) is 32.1 Å². The number of amides is 1. The molecule has 2 aromatic heterocycles. The Morgan fingerprint density at radius 3 is 2.86 bits per heavy atom. The minimum absolute atomic E-state index is 0.183. The Balaban J connectivity index is 1.85. The molecule has 0 aliphatic heterocycles. The Morgan fingerprint density at radius 1 is 1.41 bits per heavy atom. The van der Waals surface area contributed by atoms with Crippen LogP contribution >= 0.6 is 0 Å². The SMILES string of the molecule is Cc1cc(C(=O)NCC2CCCCC2)c2c(=O)[nH]n(C)c2n1. The first-order valence-electron chi connectivity index (χ1n) is 7.91. The summed E-state index contributed by atoms with van der Waals surface area (Å²) in [6, 6.07) is 1.69. The van der Waals surface area contributed by atoms with Gasteiger partial charge < -0.3 is 5.32 Å². The Labute approximate surface area is 128 Å². The largest absolute Gasteiger partial charge is 0.352 e. The number of aromatic nitrogens is 3. The van der Waals surface area contributed by atoms with Gasteiger partial charge in [-0.3, -0.25) is 19.4 Å². The molecule has 22 heavy (non-hydrogen) atoms. The van der Waals surface area contributed by atoms with E-state index in [1.54, 1.807) is 17.8 Å². The van der Waals surface area contributed by atoms with Crippen LogP contribution in [0.3, 0.4) is 0 Å². The van der Waals surface area contributed by atoms with Gasteiger partial charge in [-0.2, -0.15) is 0 Å². The molecule has 0 unspecified atom stereocenters. The molecule has 1 fully saturated rings. The molecule has 1 saturated carbocycles. The van der Waals surface area contributed by atoms with E-state index in [0.29, 0.717) is 29.1 Å². The van der Waals surface area contributed by atoms with Crippen molar-refractivity contribution >= 4 is 16.9 Å². The number of nitrogens with one attached hydrogen (secondary N) is 2. The van der Waals surface area contributed by atoms with Crippen LogP contribution < -0.4 is 10.9 Å². The first-order chi connectivity index (χ1) is 10.6. The highest BCUT2D eigenvalue weighted by molar-refractivity contribution is 6.05. The smallest absolute Gasteiger partial charge is 0.274 e. The number of carbonyl (C=O) groups excluding carboxylic acids is 1. The number of pyridine rings is 1. The monoisotopic (exact) mass is 302 g/mol. The zero-order valence-electron chi connectivity index (χ0n) is 13.1. The lowest BCUT2D eigenvalue weighted by Gasteiger charge is -2.21. The lowest BCUT2D eigenvalue weighted by molar-refractivity contribution is 0.0945. The Morgan fingerprint density at radius 2 is 2.14 bits per heavy atom. The molecule has 6 heteroatoms. The third-order valence-corrected chi connectivity index (χ3v) is 4.46. The standard InChI is InChI=1S/C16H22N4O2/c1-10-8-12(13-14(18-10)20(2)19-16(13)22)15(21)17-9-11-6-4-3-5-7-11/h8,11H,3-7,9H2,1-2H3,(H,17,21)(H,19,22). The van der Waals surface area contributed by atoms with Crippen LogP contribution in [0.5, 0.6) is 0 Å². The van der Waals surface area contributed by atoms with Crippen LogP contribution in [0.4, 0.5) is 0 Å². The molecule has 1 aliphatic rings. The third kappa shape index (κ3) is 2.77. The maximum atomic E-state index is 12.5. The highest BCUT2D eigenvalue weighted by Gasteiger charge is 2.19. The highest BCUT2D eigenvalue weighted by atomic mass is 16.2. The second kappa shape index (κ2) is 5.94. The summed E-state index contributed by atoms with van der Waals surface area (Å²) in [5.74, 6) is 0.378. The molecule has 0 aromatic carbocycles. The van der Waals surface area contributed by atoms with Crippen molar-refractivity contribution in [2.24, 2.45) is 13.0 Å². The minimum atomic E-state index is -0.271. The van der Waals surface area contributed by atoms with Gasteiger partial charge >= 0.3 is 0 Å². The summed E-state index contributed by atoms with van der Waals surface area (Å²) in [4.78, 5) is 28.9. The number of carbonyl (C=O) groups is 1. The van der Waals surface area contributed by atoms with Crippen LogP contribution in [0.1, 0.15) is 48.2 Å². The van der Waals surface area contributed by atoms with Gasteiger partial charge in [0, 0.05) is 19.3 Å². The minimum Gasteiger partial charge on any atom is -0.352 e. The molecule has 0 atom stereocenters. The Kier molecular flexibility index (Phi) is 4.00. The molecule has 3 rings (SSSR count). The number of hydrogen-bond acceptors (Lipinski definition) is 3. The number of aryl methyl sites for hydroxylation is 2. The van der Waals surface area contributed by atoms with Gasteiger partial charge in [-0.1, -0.05) is 19.3 Å². The second-order valence-electron chi connectivity index (χ2n) is 6.22. The number of rotatable bonds is 3. The van der Waals surface area contributed by atoms with Gasteiger partial charge in [0.25, 0.3) is 11.5 Å². The first kappa shape index (κ1) is 14.8. The Hall–Kier alpha value is -2.11. The van der Waals surface area contributed by atoms with Crippen molar-refractivity contribution in [3.8, 4) is 0 Å². The zero-order valence-corrected chi connectivity index (χ0v) is 13.1. The summed E-state index contributed by atoms with van der Waals surface area (Å²) >= 11 is 0. The van der Waals surface area contributed by atoms with Gasteiger partial charge in [-0.15, -0.1) is 0 Å². The maximum absolute atomic E-state index is 12.5. The topological polar surface area (TPSA) is 79.8 Å². The van der Waals surface area contributed by atoms with Gasteiger partial charge in [0.05, 0.1) is 10.9 Å². The molecule has 6 nitrogen and oxygen atoms in total. The van der Waals surface area contributed by atoms with E-state index in [9.17, 15) is 9.59 Å². The number of fused-ring (bicyclic) bond motifs is 1. The summed E-state index contributed by atoms with van der Waals surface area (Å²) < 4.78 is 1.56. The van der Waals surface area contributed by atoms with Crippen molar-refractivity contribution in [2.45, 2.75) is 39.0 Å². The van der Waals surface area contributed by atoms with Gasteiger partial charge in [-0.25, -0.2) is 4.98 Å². The van der Waals surface area contributed by atoms with Gasteiger partial charge in [-0.05, 0) is 31.7 Å². The fraction of sp³-hybridized carbons (Fsp3) is 0.562. The van der Waals surface area contributed by atoms with Crippen molar-refractivity contribution < 1.29 is 4.79 Å². The van der Waals surface area contributed by atoms with Crippen LogP contribution in [0.2, 0.25) is 0 Å². The number of H-pyrrole nitrogens is 1. The molecule has 0 radical (unpaired) electrons. The third-order valence-electron chi connectivity index (χ3n) is 4.46. The van der Waals surface area contributed by atoms with E-state index < -0.39 is 0 Å². The van der Waals surface area contributed by atoms with Crippen molar-refractivity contribution in [3.05, 3.63) is 27.7 Å². The molecule has 2 aromatic rings. The molecular formula is C16H22N4O2. The van der Waals surface area contributed by atoms with E-state index >= 15 is 0 Å². The summed E-state index contributed by atoms with van der Waals surface area (Å²) in [7, 11) is 1.72. The molecule has 0 spiro atoms. The molecule has 1 amide bonds. The molecule has 118 valence electrons. The van der Waals surface area contributed by atoms with Gasteiger partial charge in [0.1, 0.15) is 0 Å². The number of nitrogens with zero attached hydrogens (tertiary/aromatic N) is 2. The van der Waals surface area contributed by atoms with Crippen LogP contribution in [-0.2, 0) is 7.05 Å². The van der Waals surface area contributed by atoms with E-state index in [2.05, 4.69) is 15.4 Å². The van der Waals surface area contributed by atoms with Crippen molar-refractivity contribution in [1.29, 1.82) is 0 Å². The summed E-state index contributed by atoms with van der Waals surface area (Å²) in [6.45, 7) is 2.52.